The van der Waals surface area contributed by atoms with Crippen LogP contribution in [0.15, 0.2) is 10.4 Å². The Morgan fingerprint density at radius 1 is 1.38 bits per heavy atom. The van der Waals surface area contributed by atoms with Crippen molar-refractivity contribution in [2.24, 2.45) is 10.4 Å². The average Bonchev–Trinajstić information content (AvgIpc) is 2.94. The summed E-state index contributed by atoms with van der Waals surface area (Å²) in [6, 6.07) is 0. The van der Waals surface area contributed by atoms with Crippen molar-refractivity contribution in [1.82, 2.24) is 15.6 Å². The van der Waals surface area contributed by atoms with Crippen molar-refractivity contribution in [2.45, 2.75) is 46.6 Å². The second-order valence-electron chi connectivity index (χ2n) is 7.14. The molecule has 24 heavy (non-hydrogen) atoms. The number of rotatable bonds is 8. The standard InChI is InChI=1S/C16H30N4O2S2/c1-12(2)13-10-23-14(20-13)9-18-15(17-5)19-11-16(3,4)7-8-24(6,21)22/h10,12H,7-9,11H2,1-6H3,(H2,17,18,19). The molecule has 0 radical (unpaired) electrons. The van der Waals surface area contributed by atoms with Gasteiger partial charge in [0.1, 0.15) is 14.8 Å². The van der Waals surface area contributed by atoms with Crippen molar-refractivity contribution in [2.75, 3.05) is 25.6 Å². The molecule has 0 aliphatic carbocycles. The SMILES string of the molecule is CN=C(NCc1nc(C(C)C)cs1)NCC(C)(C)CCS(C)(=O)=O. The van der Waals surface area contributed by atoms with Gasteiger partial charge < -0.3 is 10.6 Å². The zero-order chi connectivity index (χ0) is 18.4. The van der Waals surface area contributed by atoms with E-state index in [9.17, 15) is 8.42 Å². The normalized spacial score (nSPS) is 13.4. The third-order valence-electron chi connectivity index (χ3n) is 3.68. The topological polar surface area (TPSA) is 83.4 Å². The summed E-state index contributed by atoms with van der Waals surface area (Å²) < 4.78 is 22.6. The van der Waals surface area contributed by atoms with Crippen molar-refractivity contribution in [3.63, 3.8) is 0 Å². The maximum atomic E-state index is 11.3. The highest BCUT2D eigenvalue weighted by Crippen LogP contribution is 2.20. The van der Waals surface area contributed by atoms with Gasteiger partial charge in [0.25, 0.3) is 0 Å². The molecule has 0 bridgehead atoms. The van der Waals surface area contributed by atoms with Gasteiger partial charge in [0.05, 0.1) is 18.0 Å². The molecule has 0 saturated heterocycles. The van der Waals surface area contributed by atoms with Crippen LogP contribution in [-0.4, -0.2) is 45.0 Å². The third-order valence-corrected chi connectivity index (χ3v) is 5.49. The molecule has 0 aromatic carbocycles. The fraction of sp³-hybridized carbons (Fsp3) is 0.750. The zero-order valence-electron chi connectivity index (χ0n) is 15.5. The van der Waals surface area contributed by atoms with Gasteiger partial charge in [-0.1, -0.05) is 27.7 Å². The first kappa shape index (κ1) is 20.9. The molecule has 1 aromatic rings. The van der Waals surface area contributed by atoms with Gasteiger partial charge in [0.15, 0.2) is 5.96 Å². The number of sulfone groups is 1. The summed E-state index contributed by atoms with van der Waals surface area (Å²) in [5, 5.41) is 9.63. The lowest BCUT2D eigenvalue weighted by Crippen LogP contribution is -2.42. The zero-order valence-corrected chi connectivity index (χ0v) is 17.1. The molecule has 1 rings (SSSR count). The number of nitrogens with one attached hydrogen (secondary N) is 2. The van der Waals surface area contributed by atoms with Gasteiger partial charge >= 0.3 is 0 Å². The molecule has 8 heteroatoms. The minimum atomic E-state index is -2.93. The quantitative estimate of drug-likeness (QED) is 0.539. The predicted octanol–water partition coefficient (Wildman–Crippen LogP) is 2.39. The average molecular weight is 375 g/mol. The van der Waals surface area contributed by atoms with Crippen LogP contribution in [0.2, 0.25) is 0 Å². The Kier molecular flexibility index (Phi) is 7.66. The highest BCUT2D eigenvalue weighted by atomic mass is 32.2. The van der Waals surface area contributed by atoms with Crippen LogP contribution >= 0.6 is 11.3 Å². The molecular weight excluding hydrogens is 344 g/mol. The Morgan fingerprint density at radius 3 is 2.54 bits per heavy atom. The van der Waals surface area contributed by atoms with Crippen molar-refractivity contribution < 1.29 is 8.42 Å². The first-order chi connectivity index (χ1) is 11.0. The van der Waals surface area contributed by atoms with Crippen LogP contribution in [-0.2, 0) is 16.4 Å². The number of nitrogens with zero attached hydrogens (tertiary/aromatic N) is 2. The summed E-state index contributed by atoms with van der Waals surface area (Å²) in [4.78, 5) is 8.80. The summed E-state index contributed by atoms with van der Waals surface area (Å²) in [5.41, 5.74) is 0.980. The Bertz CT molecular complexity index is 649. The second kappa shape index (κ2) is 8.80. The summed E-state index contributed by atoms with van der Waals surface area (Å²) in [7, 11) is -1.21. The van der Waals surface area contributed by atoms with Crippen LogP contribution in [0.5, 0.6) is 0 Å². The number of hydrogen-bond acceptors (Lipinski definition) is 5. The van der Waals surface area contributed by atoms with Crippen LogP contribution in [0.25, 0.3) is 0 Å². The molecule has 0 amide bonds. The highest BCUT2D eigenvalue weighted by Gasteiger charge is 2.20. The second-order valence-corrected chi connectivity index (χ2v) is 10.3. The lowest BCUT2D eigenvalue weighted by molar-refractivity contribution is 0.348. The van der Waals surface area contributed by atoms with Crippen LogP contribution in [0.4, 0.5) is 0 Å². The lowest BCUT2D eigenvalue weighted by Gasteiger charge is -2.25. The first-order valence-electron chi connectivity index (χ1n) is 8.09. The van der Waals surface area contributed by atoms with E-state index in [0.29, 0.717) is 31.4 Å². The summed E-state index contributed by atoms with van der Waals surface area (Å²) in [6.45, 7) is 9.64. The van der Waals surface area contributed by atoms with E-state index in [2.05, 4.69) is 39.8 Å². The molecule has 0 spiro atoms. The monoisotopic (exact) mass is 374 g/mol. The van der Waals surface area contributed by atoms with Crippen LogP contribution in [0.1, 0.15) is 50.7 Å². The van der Waals surface area contributed by atoms with E-state index >= 15 is 0 Å². The summed E-state index contributed by atoms with van der Waals surface area (Å²) in [5.74, 6) is 1.33. The summed E-state index contributed by atoms with van der Waals surface area (Å²) in [6.07, 6.45) is 1.89. The maximum absolute atomic E-state index is 11.3. The molecule has 1 heterocycles. The Labute approximate surface area is 150 Å². The minimum absolute atomic E-state index is 0.132. The van der Waals surface area contributed by atoms with E-state index in [1.807, 2.05) is 13.8 Å². The third kappa shape index (κ3) is 8.10. The van der Waals surface area contributed by atoms with Gasteiger partial charge in [0.2, 0.25) is 0 Å². The van der Waals surface area contributed by atoms with E-state index in [1.165, 1.54) is 6.26 Å². The van der Waals surface area contributed by atoms with Gasteiger partial charge in [-0.3, -0.25) is 4.99 Å². The molecule has 138 valence electrons. The molecule has 0 unspecified atom stereocenters. The van der Waals surface area contributed by atoms with Crippen LogP contribution in [0, 0.1) is 5.41 Å². The van der Waals surface area contributed by atoms with Crippen LogP contribution in [0.3, 0.4) is 0 Å². The van der Waals surface area contributed by atoms with Crippen molar-refractivity contribution in [1.29, 1.82) is 0 Å². The van der Waals surface area contributed by atoms with Gasteiger partial charge in [0, 0.05) is 25.2 Å². The van der Waals surface area contributed by atoms with Crippen molar-refractivity contribution >= 4 is 27.1 Å². The molecule has 6 nitrogen and oxygen atoms in total. The predicted molar refractivity (Wildman–Crippen MR) is 103 cm³/mol. The van der Waals surface area contributed by atoms with E-state index < -0.39 is 9.84 Å². The maximum Gasteiger partial charge on any atom is 0.191 e. The molecule has 0 saturated carbocycles. The van der Waals surface area contributed by atoms with Gasteiger partial charge in [-0.2, -0.15) is 0 Å². The number of thiazole rings is 1. The van der Waals surface area contributed by atoms with E-state index in [1.54, 1.807) is 18.4 Å². The van der Waals surface area contributed by atoms with E-state index in [0.717, 1.165) is 10.7 Å². The number of aliphatic imine (C=N–C) groups is 1. The number of guanidine groups is 1. The number of hydrogen-bond donors (Lipinski definition) is 2. The molecule has 0 fully saturated rings. The Balaban J connectivity index is 2.46. The molecular formula is C16H30N4O2S2. The Morgan fingerprint density at radius 2 is 2.04 bits per heavy atom. The van der Waals surface area contributed by atoms with E-state index in [-0.39, 0.29) is 11.2 Å². The highest BCUT2D eigenvalue weighted by molar-refractivity contribution is 7.90. The van der Waals surface area contributed by atoms with Gasteiger partial charge in [-0.25, -0.2) is 13.4 Å². The number of aromatic nitrogens is 1. The first-order valence-corrected chi connectivity index (χ1v) is 11.0. The minimum Gasteiger partial charge on any atom is -0.356 e. The van der Waals surface area contributed by atoms with Gasteiger partial charge in [-0.15, -0.1) is 11.3 Å². The summed E-state index contributed by atoms with van der Waals surface area (Å²) >= 11 is 1.64. The molecule has 0 aliphatic heterocycles. The smallest absolute Gasteiger partial charge is 0.191 e. The molecule has 1 aromatic heterocycles. The molecule has 0 aliphatic rings. The fourth-order valence-electron chi connectivity index (χ4n) is 1.92. The molecule has 0 atom stereocenters. The largest absolute Gasteiger partial charge is 0.356 e. The van der Waals surface area contributed by atoms with Crippen molar-refractivity contribution in [3.8, 4) is 0 Å². The fourth-order valence-corrected chi connectivity index (χ4v) is 3.74. The van der Waals surface area contributed by atoms with Crippen LogP contribution < -0.4 is 10.6 Å². The molecule has 2 N–H and O–H groups in total. The lowest BCUT2D eigenvalue weighted by atomic mass is 9.90. The van der Waals surface area contributed by atoms with E-state index in [4.69, 9.17) is 0 Å². The van der Waals surface area contributed by atoms with Crippen molar-refractivity contribution in [3.05, 3.63) is 16.1 Å². The Hall–Kier alpha value is -1.15. The van der Waals surface area contributed by atoms with Gasteiger partial charge in [-0.05, 0) is 17.8 Å².